The van der Waals surface area contributed by atoms with Gasteiger partial charge in [-0.2, -0.15) is 0 Å². The summed E-state index contributed by atoms with van der Waals surface area (Å²) in [6.07, 6.45) is -0.727. The van der Waals surface area contributed by atoms with Gasteiger partial charge in [-0.1, -0.05) is 24.3 Å². The van der Waals surface area contributed by atoms with Gasteiger partial charge < -0.3 is 0 Å². The van der Waals surface area contributed by atoms with Gasteiger partial charge in [0, 0.05) is 11.4 Å². The van der Waals surface area contributed by atoms with Crippen molar-refractivity contribution in [3.63, 3.8) is 0 Å². The van der Waals surface area contributed by atoms with E-state index < -0.39 is 12.0 Å². The highest BCUT2D eigenvalue weighted by molar-refractivity contribution is 7.10. The predicted molar refractivity (Wildman–Crippen MR) is 86.7 cm³/mol. The van der Waals surface area contributed by atoms with Gasteiger partial charge in [-0.3, -0.25) is 19.3 Å². The number of hydrogen-bond acceptors (Lipinski definition) is 5. The van der Waals surface area contributed by atoms with Crippen LogP contribution in [0.15, 0.2) is 47.8 Å². The Morgan fingerprint density at radius 3 is 2.52 bits per heavy atom. The minimum atomic E-state index is -0.727. The van der Waals surface area contributed by atoms with Gasteiger partial charge in [0.05, 0.1) is 5.69 Å². The maximum Gasteiger partial charge on any atom is 0.261 e. The Morgan fingerprint density at radius 1 is 1.09 bits per heavy atom. The highest BCUT2D eigenvalue weighted by atomic mass is 32.1. The molecule has 3 heterocycles. The molecule has 0 saturated carbocycles. The van der Waals surface area contributed by atoms with Gasteiger partial charge in [-0.25, -0.2) is 5.06 Å². The van der Waals surface area contributed by atoms with Gasteiger partial charge in [0.15, 0.2) is 6.10 Å². The molecule has 1 aromatic carbocycles. The summed E-state index contributed by atoms with van der Waals surface area (Å²) >= 11 is 1.58. The third-order valence-electron chi connectivity index (χ3n) is 4.37. The van der Waals surface area contributed by atoms with E-state index >= 15 is 0 Å². The molecule has 1 aromatic heterocycles. The highest BCUT2D eigenvalue weighted by Crippen LogP contribution is 2.47. The number of fused-ring (bicyclic) bond motifs is 1. The molecule has 2 aliphatic rings. The Labute approximate surface area is 138 Å². The SMILES string of the molecule is CCN1C(=O)[C@@H]2[C@H](ON(c3ccccc3)[C@@H]2c2cccs2)C1=O. The second-order valence-corrected chi connectivity index (χ2v) is 6.57. The number of anilines is 1. The second kappa shape index (κ2) is 5.47. The van der Waals surface area contributed by atoms with Gasteiger partial charge in [-0.05, 0) is 30.5 Å². The zero-order valence-corrected chi connectivity index (χ0v) is 13.4. The number of carbonyl (C=O) groups is 2. The number of likely N-dealkylation sites (tertiary alicyclic amines) is 1. The van der Waals surface area contributed by atoms with E-state index in [1.54, 1.807) is 16.4 Å². The van der Waals surface area contributed by atoms with E-state index in [1.165, 1.54) is 4.90 Å². The number of benzene rings is 1. The monoisotopic (exact) mass is 328 g/mol. The molecule has 0 unspecified atom stereocenters. The first kappa shape index (κ1) is 14.4. The van der Waals surface area contributed by atoms with E-state index in [-0.39, 0.29) is 17.9 Å². The molecule has 23 heavy (non-hydrogen) atoms. The van der Waals surface area contributed by atoms with E-state index in [0.29, 0.717) is 6.54 Å². The van der Waals surface area contributed by atoms with Crippen LogP contribution in [-0.4, -0.2) is 29.4 Å². The lowest BCUT2D eigenvalue weighted by atomic mass is 9.95. The zero-order valence-electron chi connectivity index (χ0n) is 12.6. The van der Waals surface area contributed by atoms with E-state index in [2.05, 4.69) is 0 Å². The summed E-state index contributed by atoms with van der Waals surface area (Å²) in [4.78, 5) is 33.5. The maximum atomic E-state index is 12.7. The second-order valence-electron chi connectivity index (χ2n) is 5.59. The molecule has 2 aliphatic heterocycles. The van der Waals surface area contributed by atoms with E-state index in [9.17, 15) is 9.59 Å². The molecule has 0 spiro atoms. The molecule has 118 valence electrons. The normalized spacial score (nSPS) is 26.9. The van der Waals surface area contributed by atoms with E-state index in [4.69, 9.17) is 4.84 Å². The molecule has 0 radical (unpaired) electrons. The van der Waals surface area contributed by atoms with Crippen molar-refractivity contribution in [2.75, 3.05) is 11.6 Å². The average molecular weight is 328 g/mol. The van der Waals surface area contributed by atoms with Crippen LogP contribution in [0, 0.1) is 5.92 Å². The molecule has 2 saturated heterocycles. The van der Waals surface area contributed by atoms with Gasteiger partial charge in [0.25, 0.3) is 5.91 Å². The largest absolute Gasteiger partial charge is 0.280 e. The zero-order chi connectivity index (χ0) is 16.0. The number of hydrogen-bond donors (Lipinski definition) is 0. The summed E-state index contributed by atoms with van der Waals surface area (Å²) < 4.78 is 0. The average Bonchev–Trinajstić information content (AvgIpc) is 3.27. The molecule has 0 N–H and O–H groups in total. The smallest absolute Gasteiger partial charge is 0.261 e. The summed E-state index contributed by atoms with van der Waals surface area (Å²) in [5.74, 6) is -0.858. The molecule has 2 amide bonds. The van der Waals surface area contributed by atoms with Crippen LogP contribution in [0.1, 0.15) is 17.8 Å². The Morgan fingerprint density at radius 2 is 1.87 bits per heavy atom. The first-order chi connectivity index (χ1) is 11.2. The number of likely N-dealkylation sites (N-methyl/N-ethyl adjacent to an activating group) is 1. The number of amides is 2. The van der Waals surface area contributed by atoms with Gasteiger partial charge in [0.2, 0.25) is 5.91 Å². The Bertz CT molecular complexity index is 732. The van der Waals surface area contributed by atoms with Gasteiger partial charge in [0.1, 0.15) is 12.0 Å². The van der Waals surface area contributed by atoms with Crippen LogP contribution in [0.5, 0.6) is 0 Å². The van der Waals surface area contributed by atoms with Crippen molar-refractivity contribution in [1.29, 1.82) is 0 Å². The number of hydroxylamine groups is 1. The topological polar surface area (TPSA) is 49.9 Å². The molecule has 0 aliphatic carbocycles. The summed E-state index contributed by atoms with van der Waals surface area (Å²) in [5, 5.41) is 3.70. The number of thiophene rings is 1. The first-order valence-corrected chi connectivity index (χ1v) is 8.50. The van der Waals surface area contributed by atoms with Crippen LogP contribution in [0.3, 0.4) is 0 Å². The Hall–Kier alpha value is -2.18. The molecule has 2 aromatic rings. The van der Waals surface area contributed by atoms with Crippen LogP contribution >= 0.6 is 11.3 Å². The van der Waals surface area contributed by atoms with E-state index in [1.807, 2.05) is 54.8 Å². The fourth-order valence-electron chi connectivity index (χ4n) is 3.33. The molecule has 5 nitrogen and oxygen atoms in total. The number of imide groups is 1. The lowest BCUT2D eigenvalue weighted by Crippen LogP contribution is -2.36. The summed E-state index contributed by atoms with van der Waals surface area (Å²) in [7, 11) is 0. The van der Waals surface area contributed by atoms with Crippen LogP contribution in [0.25, 0.3) is 0 Å². The van der Waals surface area contributed by atoms with E-state index in [0.717, 1.165) is 10.6 Å². The molecule has 4 rings (SSSR count). The van der Waals surface area contributed by atoms with Crippen molar-refractivity contribution in [1.82, 2.24) is 4.90 Å². The quantitative estimate of drug-likeness (QED) is 0.813. The molecule has 3 atom stereocenters. The van der Waals surface area contributed by atoms with Crippen molar-refractivity contribution in [2.24, 2.45) is 5.92 Å². The number of carbonyl (C=O) groups excluding carboxylic acids is 2. The molecular formula is C17H16N2O3S. The van der Waals surface area contributed by atoms with Gasteiger partial charge >= 0.3 is 0 Å². The molecule has 0 bridgehead atoms. The van der Waals surface area contributed by atoms with Crippen LogP contribution < -0.4 is 5.06 Å². The number of rotatable bonds is 3. The van der Waals surface area contributed by atoms with Crippen molar-refractivity contribution < 1.29 is 14.4 Å². The van der Waals surface area contributed by atoms with Crippen LogP contribution in [0.2, 0.25) is 0 Å². The standard InChI is InChI=1S/C17H16N2O3S/c1-2-18-16(20)13-14(12-9-6-10-23-12)19(22-15(13)17(18)21)11-7-4-3-5-8-11/h3-10,13-15H,2H2,1H3/t13-,14+,15-/m0/s1. The predicted octanol–water partition coefficient (Wildman–Crippen LogP) is 2.61. The van der Waals surface area contributed by atoms with Crippen molar-refractivity contribution in [3.8, 4) is 0 Å². The maximum absolute atomic E-state index is 12.7. The number of para-hydroxylation sites is 1. The lowest BCUT2D eigenvalue weighted by Gasteiger charge is -2.27. The summed E-state index contributed by atoms with van der Waals surface area (Å²) in [5.41, 5.74) is 0.851. The lowest BCUT2D eigenvalue weighted by molar-refractivity contribution is -0.142. The van der Waals surface area contributed by atoms with Crippen molar-refractivity contribution >= 4 is 28.8 Å². The van der Waals surface area contributed by atoms with Crippen LogP contribution in [-0.2, 0) is 14.4 Å². The third kappa shape index (κ3) is 2.09. The third-order valence-corrected chi connectivity index (χ3v) is 5.31. The summed E-state index contributed by atoms with van der Waals surface area (Å²) in [6.45, 7) is 2.20. The molecule has 6 heteroatoms. The fourth-order valence-corrected chi connectivity index (χ4v) is 4.18. The Kier molecular flexibility index (Phi) is 3.43. The fraction of sp³-hybridized carbons (Fsp3) is 0.294. The highest BCUT2D eigenvalue weighted by Gasteiger charge is 2.59. The summed E-state index contributed by atoms with van der Waals surface area (Å²) in [6, 6.07) is 13.3. The van der Waals surface area contributed by atoms with Gasteiger partial charge in [-0.15, -0.1) is 11.3 Å². The molecule has 2 fully saturated rings. The van der Waals surface area contributed by atoms with Crippen LogP contribution in [0.4, 0.5) is 5.69 Å². The molecular weight excluding hydrogens is 312 g/mol. The first-order valence-electron chi connectivity index (χ1n) is 7.62. The van der Waals surface area contributed by atoms with Crippen molar-refractivity contribution in [2.45, 2.75) is 19.1 Å². The van der Waals surface area contributed by atoms with Crippen molar-refractivity contribution in [3.05, 3.63) is 52.7 Å². The minimum absolute atomic E-state index is 0.140. The number of nitrogens with zero attached hydrogens (tertiary/aromatic N) is 2. The minimum Gasteiger partial charge on any atom is -0.280 e. The Balaban J connectivity index is 1.79.